The van der Waals surface area contributed by atoms with Gasteiger partial charge in [0.2, 0.25) is 5.95 Å². The third-order valence-electron chi connectivity index (χ3n) is 5.30. The van der Waals surface area contributed by atoms with Gasteiger partial charge in [0.05, 0.1) is 19.5 Å². The fraction of sp³-hybridized carbons (Fsp3) is 0.438. The van der Waals surface area contributed by atoms with Crippen LogP contribution in [0.15, 0.2) is 23.6 Å². The zero-order valence-corrected chi connectivity index (χ0v) is 15.8. The summed E-state index contributed by atoms with van der Waals surface area (Å²) in [6.45, 7) is -0.307. The fourth-order valence-electron chi connectivity index (χ4n) is 3.86. The quantitative estimate of drug-likeness (QED) is 0.338. The highest BCUT2D eigenvalue weighted by Crippen LogP contribution is 2.36. The summed E-state index contributed by atoms with van der Waals surface area (Å²) in [4.78, 5) is 33.1. The SMILES string of the molecule is CN1CN([C@@H]2O[C@H](CO)[C@@H](O)[C@H]2O)c2nc(N)n(-n3cnc4cncnc43)c(=O)c21. The lowest BCUT2D eigenvalue weighted by Crippen LogP contribution is -2.45. The van der Waals surface area contributed by atoms with Crippen LogP contribution in [0.3, 0.4) is 0 Å². The molecule has 2 aliphatic rings. The number of hydrogen-bond acceptors (Lipinski definition) is 12. The van der Waals surface area contributed by atoms with Crippen molar-refractivity contribution in [2.45, 2.75) is 24.5 Å². The Kier molecular flexibility index (Phi) is 4.11. The second-order valence-corrected chi connectivity index (χ2v) is 7.12. The first-order valence-corrected chi connectivity index (χ1v) is 9.09. The van der Waals surface area contributed by atoms with Crippen LogP contribution in [-0.2, 0) is 4.74 Å². The predicted octanol–water partition coefficient (Wildman–Crippen LogP) is -3.07. The van der Waals surface area contributed by atoms with E-state index in [9.17, 15) is 20.1 Å². The monoisotopic (exact) mass is 417 g/mol. The van der Waals surface area contributed by atoms with E-state index < -0.39 is 36.7 Å². The van der Waals surface area contributed by atoms with E-state index >= 15 is 0 Å². The van der Waals surface area contributed by atoms with Crippen molar-refractivity contribution in [1.82, 2.24) is 29.3 Å². The number of imidazole rings is 1. The molecule has 30 heavy (non-hydrogen) atoms. The molecule has 1 fully saturated rings. The Hall–Kier alpha value is -3.33. The molecule has 0 saturated carbocycles. The summed E-state index contributed by atoms with van der Waals surface area (Å²) in [5, 5.41) is 29.8. The first-order valence-electron chi connectivity index (χ1n) is 9.09. The topological polar surface area (TPSA) is 181 Å². The highest BCUT2D eigenvalue weighted by Gasteiger charge is 2.48. The van der Waals surface area contributed by atoms with Crippen LogP contribution in [0.2, 0.25) is 0 Å². The fourth-order valence-corrected chi connectivity index (χ4v) is 3.86. The molecule has 3 aromatic rings. The molecule has 0 aliphatic carbocycles. The number of ether oxygens (including phenoxy) is 1. The van der Waals surface area contributed by atoms with Gasteiger partial charge in [-0.1, -0.05) is 0 Å². The molecule has 3 aromatic heterocycles. The van der Waals surface area contributed by atoms with Crippen LogP contribution in [0.25, 0.3) is 11.2 Å². The van der Waals surface area contributed by atoms with Crippen LogP contribution >= 0.6 is 0 Å². The van der Waals surface area contributed by atoms with Crippen LogP contribution in [-0.4, -0.2) is 89.5 Å². The molecule has 0 bridgehead atoms. The number of hydrogen-bond donors (Lipinski definition) is 4. The molecule has 5 heterocycles. The Morgan fingerprint density at radius 1 is 1.30 bits per heavy atom. The zero-order valence-electron chi connectivity index (χ0n) is 15.8. The maximum absolute atomic E-state index is 13.4. The van der Waals surface area contributed by atoms with Crippen LogP contribution in [0, 0.1) is 0 Å². The number of anilines is 3. The van der Waals surface area contributed by atoms with Gasteiger partial charge in [0.25, 0.3) is 5.56 Å². The molecule has 0 unspecified atom stereocenters. The zero-order chi connectivity index (χ0) is 21.2. The number of aliphatic hydroxyl groups excluding tert-OH is 3. The summed E-state index contributed by atoms with van der Waals surface area (Å²) in [5.41, 5.74) is 6.72. The van der Waals surface area contributed by atoms with Gasteiger partial charge in [-0.3, -0.25) is 4.79 Å². The standard InChI is InChI=1S/C16H19N9O5/c1-22-6-23(15-11(28)10(27)8(3-26)30-15)13-9(22)14(29)25(16(17)21-13)24-5-20-7-2-18-4-19-12(7)24/h2,4-5,8,10-11,15,26-28H,3,6H2,1H3,(H2,17,21)/t8-,10-,11-,15-/m1/s1. The van der Waals surface area contributed by atoms with E-state index in [-0.39, 0.29) is 24.1 Å². The molecule has 0 radical (unpaired) electrons. The summed E-state index contributed by atoms with van der Waals surface area (Å²) >= 11 is 0. The van der Waals surface area contributed by atoms with Crippen LogP contribution in [0.1, 0.15) is 0 Å². The van der Waals surface area contributed by atoms with Crippen LogP contribution < -0.4 is 21.1 Å². The summed E-state index contributed by atoms with van der Waals surface area (Å²) in [6, 6.07) is 0. The smallest absolute Gasteiger partial charge is 0.300 e. The second-order valence-electron chi connectivity index (χ2n) is 7.12. The summed E-state index contributed by atoms with van der Waals surface area (Å²) in [7, 11) is 1.68. The molecule has 2 aliphatic heterocycles. The van der Waals surface area contributed by atoms with E-state index in [2.05, 4.69) is 19.9 Å². The Labute approximate surface area is 168 Å². The molecule has 5 rings (SSSR count). The molecular formula is C16H19N9O5. The molecule has 14 nitrogen and oxygen atoms in total. The van der Waals surface area contributed by atoms with Crippen molar-refractivity contribution in [3.8, 4) is 0 Å². The Morgan fingerprint density at radius 3 is 2.83 bits per heavy atom. The van der Waals surface area contributed by atoms with Crippen molar-refractivity contribution < 1.29 is 20.1 Å². The predicted molar refractivity (Wildman–Crippen MR) is 103 cm³/mol. The molecule has 5 N–H and O–H groups in total. The maximum atomic E-state index is 13.4. The second kappa shape index (κ2) is 6.60. The number of nitrogen functional groups attached to an aromatic ring is 1. The van der Waals surface area contributed by atoms with Crippen molar-refractivity contribution in [3.05, 3.63) is 29.2 Å². The summed E-state index contributed by atoms with van der Waals surface area (Å²) < 4.78 is 8.11. The summed E-state index contributed by atoms with van der Waals surface area (Å²) in [6.07, 6.45) is -0.303. The first kappa shape index (κ1) is 18.7. The lowest BCUT2D eigenvalue weighted by Gasteiger charge is -2.27. The number of fused-ring (bicyclic) bond motifs is 2. The van der Waals surface area contributed by atoms with Gasteiger partial charge in [0.1, 0.15) is 42.2 Å². The highest BCUT2D eigenvalue weighted by atomic mass is 16.6. The van der Waals surface area contributed by atoms with E-state index in [1.165, 1.54) is 28.4 Å². The van der Waals surface area contributed by atoms with E-state index in [4.69, 9.17) is 10.5 Å². The summed E-state index contributed by atoms with van der Waals surface area (Å²) in [5.74, 6) is 0.0637. The molecule has 4 atom stereocenters. The third-order valence-corrected chi connectivity index (χ3v) is 5.30. The Bertz CT molecular complexity index is 1180. The minimum Gasteiger partial charge on any atom is -0.394 e. The van der Waals surface area contributed by atoms with Gasteiger partial charge in [-0.05, 0) is 0 Å². The van der Waals surface area contributed by atoms with Crippen molar-refractivity contribution in [2.75, 3.05) is 35.9 Å². The van der Waals surface area contributed by atoms with Crippen LogP contribution in [0.4, 0.5) is 17.5 Å². The molecule has 0 spiro atoms. The lowest BCUT2D eigenvalue weighted by molar-refractivity contribution is -0.0221. The molecule has 1 saturated heterocycles. The molecule has 0 aromatic carbocycles. The van der Waals surface area contributed by atoms with Gasteiger partial charge in [0.15, 0.2) is 17.7 Å². The van der Waals surface area contributed by atoms with Gasteiger partial charge in [-0.25, -0.2) is 19.6 Å². The average molecular weight is 417 g/mol. The lowest BCUT2D eigenvalue weighted by atomic mass is 10.1. The molecule has 14 heteroatoms. The van der Waals surface area contributed by atoms with Gasteiger partial charge >= 0.3 is 0 Å². The molecular weight excluding hydrogens is 398 g/mol. The third kappa shape index (κ3) is 2.48. The minimum atomic E-state index is -1.30. The number of aromatic nitrogens is 6. The minimum absolute atomic E-state index is 0.135. The number of aliphatic hydroxyl groups is 3. The maximum Gasteiger partial charge on any atom is 0.300 e. The number of nitrogens with two attached hydrogens (primary N) is 1. The van der Waals surface area contributed by atoms with Crippen LogP contribution in [0.5, 0.6) is 0 Å². The van der Waals surface area contributed by atoms with Crippen molar-refractivity contribution in [3.63, 3.8) is 0 Å². The van der Waals surface area contributed by atoms with Gasteiger partial charge < -0.3 is 35.6 Å². The van der Waals surface area contributed by atoms with E-state index in [1.807, 2.05) is 0 Å². The Balaban J connectivity index is 1.62. The Morgan fingerprint density at radius 2 is 2.10 bits per heavy atom. The number of rotatable bonds is 3. The van der Waals surface area contributed by atoms with Gasteiger partial charge in [-0.15, -0.1) is 0 Å². The first-order chi connectivity index (χ1) is 14.4. The number of nitrogens with zero attached hydrogens (tertiary/aromatic N) is 8. The molecule has 158 valence electrons. The normalized spacial score (nSPS) is 26.0. The largest absolute Gasteiger partial charge is 0.394 e. The van der Waals surface area contributed by atoms with Gasteiger partial charge in [-0.2, -0.15) is 9.66 Å². The average Bonchev–Trinajstić information content (AvgIpc) is 3.37. The highest BCUT2D eigenvalue weighted by molar-refractivity contribution is 5.74. The van der Waals surface area contributed by atoms with Crippen molar-refractivity contribution in [2.24, 2.45) is 0 Å². The van der Waals surface area contributed by atoms with E-state index in [0.717, 1.165) is 4.68 Å². The van der Waals surface area contributed by atoms with Crippen molar-refractivity contribution >= 4 is 28.6 Å². The van der Waals surface area contributed by atoms with E-state index in [1.54, 1.807) is 11.9 Å². The van der Waals surface area contributed by atoms with Gasteiger partial charge in [0, 0.05) is 7.05 Å². The molecule has 0 amide bonds. The van der Waals surface area contributed by atoms with Crippen molar-refractivity contribution in [1.29, 1.82) is 0 Å². The van der Waals surface area contributed by atoms with E-state index in [0.29, 0.717) is 11.2 Å².